The maximum Gasteiger partial charge on any atom is 0.250 e. The minimum atomic E-state index is -1.26. The Labute approximate surface area is 145 Å². The maximum atomic E-state index is 11.0. The molecular weight excluding hydrogens is 318 g/mol. The summed E-state index contributed by atoms with van der Waals surface area (Å²) in [5.41, 5.74) is 0.314. The van der Waals surface area contributed by atoms with Crippen LogP contribution in [-0.2, 0) is 5.60 Å². The molecule has 0 spiro atoms. The molecule has 0 unspecified atom stereocenters. The zero-order chi connectivity index (χ0) is 17.3. The van der Waals surface area contributed by atoms with Gasteiger partial charge in [0.1, 0.15) is 11.7 Å². The molecule has 2 aromatic carbocycles. The second-order valence-corrected chi connectivity index (χ2v) is 6.23. The molecule has 0 saturated carbocycles. The number of aliphatic hydroxyl groups is 2. The number of anilines is 1. The van der Waals surface area contributed by atoms with Crippen molar-refractivity contribution in [3.8, 4) is 5.69 Å². The first-order valence-electron chi connectivity index (χ1n) is 8.23. The number of hydrogen-bond donors (Lipinski definition) is 2. The lowest BCUT2D eigenvalue weighted by Gasteiger charge is -2.42. The minimum Gasteiger partial charge on any atom is -0.388 e. The van der Waals surface area contributed by atoms with E-state index in [1.807, 2.05) is 65.6 Å². The van der Waals surface area contributed by atoms with E-state index in [9.17, 15) is 10.2 Å². The average molecular weight is 337 g/mol. The number of rotatable bonds is 3. The number of piperidine rings is 1. The van der Waals surface area contributed by atoms with Crippen molar-refractivity contribution in [3.63, 3.8) is 0 Å². The first kappa shape index (κ1) is 15.7. The molecule has 0 radical (unpaired) electrons. The lowest BCUT2D eigenvalue weighted by molar-refractivity contribution is -0.0920. The summed E-state index contributed by atoms with van der Waals surface area (Å²) in [6.45, 7) is 0.786. The number of nitrogens with zero attached hydrogens (tertiary/aromatic N) is 5. The van der Waals surface area contributed by atoms with Crippen molar-refractivity contribution >= 4 is 5.95 Å². The SMILES string of the molecule is O[C@H]1CN(c2nnnn2-c2ccccc2)CC[C@]1(O)c1ccccc1. The van der Waals surface area contributed by atoms with Crippen LogP contribution in [0.15, 0.2) is 60.7 Å². The third kappa shape index (κ3) is 2.77. The van der Waals surface area contributed by atoms with E-state index in [-0.39, 0.29) is 6.54 Å². The zero-order valence-electron chi connectivity index (χ0n) is 13.6. The predicted octanol–water partition coefficient (Wildman–Crippen LogP) is 1.12. The summed E-state index contributed by atoms with van der Waals surface area (Å²) in [5, 5.41) is 33.5. The molecule has 7 heteroatoms. The molecule has 1 aromatic heterocycles. The van der Waals surface area contributed by atoms with E-state index in [1.165, 1.54) is 0 Å². The molecule has 0 bridgehead atoms. The van der Waals surface area contributed by atoms with E-state index in [0.29, 0.717) is 18.9 Å². The van der Waals surface area contributed by atoms with Crippen LogP contribution in [-0.4, -0.2) is 49.6 Å². The fourth-order valence-electron chi connectivity index (χ4n) is 3.28. The molecule has 1 aliphatic heterocycles. The van der Waals surface area contributed by atoms with Crippen LogP contribution >= 0.6 is 0 Å². The summed E-state index contributed by atoms with van der Waals surface area (Å²) in [6, 6.07) is 18.9. The number of tetrazole rings is 1. The first-order chi connectivity index (χ1) is 12.2. The van der Waals surface area contributed by atoms with Gasteiger partial charge in [0.05, 0.1) is 12.2 Å². The van der Waals surface area contributed by atoms with Gasteiger partial charge in [0, 0.05) is 13.0 Å². The fourth-order valence-corrected chi connectivity index (χ4v) is 3.28. The molecule has 25 heavy (non-hydrogen) atoms. The molecule has 0 aliphatic carbocycles. The number of hydrogen-bond acceptors (Lipinski definition) is 6. The van der Waals surface area contributed by atoms with Crippen LogP contribution in [0.4, 0.5) is 5.95 Å². The van der Waals surface area contributed by atoms with E-state index in [1.54, 1.807) is 4.68 Å². The van der Waals surface area contributed by atoms with Gasteiger partial charge in [0.2, 0.25) is 5.95 Å². The molecule has 0 amide bonds. The monoisotopic (exact) mass is 337 g/mol. The van der Waals surface area contributed by atoms with Gasteiger partial charge in [-0.15, -0.1) is 0 Å². The summed E-state index contributed by atoms with van der Waals surface area (Å²) >= 11 is 0. The van der Waals surface area contributed by atoms with Gasteiger partial charge in [0.15, 0.2) is 0 Å². The van der Waals surface area contributed by atoms with Gasteiger partial charge in [-0.2, -0.15) is 4.68 Å². The highest BCUT2D eigenvalue weighted by Crippen LogP contribution is 2.34. The Bertz CT molecular complexity index is 839. The highest BCUT2D eigenvalue weighted by molar-refractivity contribution is 5.42. The number of benzene rings is 2. The minimum absolute atomic E-state index is 0.249. The average Bonchev–Trinajstić information content (AvgIpc) is 3.15. The second-order valence-electron chi connectivity index (χ2n) is 6.23. The third-order valence-electron chi connectivity index (χ3n) is 4.72. The first-order valence-corrected chi connectivity index (χ1v) is 8.23. The third-order valence-corrected chi connectivity index (χ3v) is 4.72. The molecule has 1 fully saturated rings. The van der Waals surface area contributed by atoms with Crippen LogP contribution < -0.4 is 4.90 Å². The van der Waals surface area contributed by atoms with Gasteiger partial charge in [0.25, 0.3) is 0 Å². The lowest BCUT2D eigenvalue weighted by Crippen LogP contribution is -2.54. The van der Waals surface area contributed by atoms with Crippen LogP contribution in [0.3, 0.4) is 0 Å². The van der Waals surface area contributed by atoms with Crippen LogP contribution in [0.5, 0.6) is 0 Å². The zero-order valence-corrected chi connectivity index (χ0v) is 13.6. The van der Waals surface area contributed by atoms with Gasteiger partial charge in [-0.1, -0.05) is 53.6 Å². The Hall–Kier alpha value is -2.77. The Morgan fingerprint density at radius 3 is 2.36 bits per heavy atom. The molecule has 3 aromatic rings. The van der Waals surface area contributed by atoms with Gasteiger partial charge in [-0.05, 0) is 28.1 Å². The molecule has 4 rings (SSSR count). The molecule has 1 aliphatic rings. The van der Waals surface area contributed by atoms with Crippen molar-refractivity contribution in [3.05, 3.63) is 66.2 Å². The van der Waals surface area contributed by atoms with Gasteiger partial charge < -0.3 is 15.1 Å². The Morgan fingerprint density at radius 1 is 1.00 bits per heavy atom. The van der Waals surface area contributed by atoms with Crippen molar-refractivity contribution < 1.29 is 10.2 Å². The van der Waals surface area contributed by atoms with Crippen molar-refractivity contribution in [1.82, 2.24) is 20.2 Å². The Morgan fingerprint density at radius 2 is 1.68 bits per heavy atom. The van der Waals surface area contributed by atoms with Crippen LogP contribution in [0, 0.1) is 0 Å². The van der Waals surface area contributed by atoms with Crippen molar-refractivity contribution in [1.29, 1.82) is 0 Å². The van der Waals surface area contributed by atoms with Crippen molar-refractivity contribution in [2.45, 2.75) is 18.1 Å². The summed E-state index contributed by atoms with van der Waals surface area (Å²) in [5.74, 6) is 0.556. The van der Waals surface area contributed by atoms with Crippen LogP contribution in [0.1, 0.15) is 12.0 Å². The predicted molar refractivity (Wildman–Crippen MR) is 92.3 cm³/mol. The van der Waals surface area contributed by atoms with Crippen LogP contribution in [0.25, 0.3) is 5.69 Å². The van der Waals surface area contributed by atoms with E-state index in [2.05, 4.69) is 15.5 Å². The summed E-state index contributed by atoms with van der Waals surface area (Å²) in [4.78, 5) is 1.90. The molecule has 2 atom stereocenters. The van der Waals surface area contributed by atoms with Gasteiger partial charge >= 0.3 is 0 Å². The van der Waals surface area contributed by atoms with Crippen molar-refractivity contribution in [2.75, 3.05) is 18.0 Å². The fraction of sp³-hybridized carbons (Fsp3) is 0.278. The van der Waals surface area contributed by atoms with Gasteiger partial charge in [-0.25, -0.2) is 0 Å². The molecular formula is C18H19N5O2. The molecule has 2 N–H and O–H groups in total. The van der Waals surface area contributed by atoms with Crippen molar-refractivity contribution in [2.24, 2.45) is 0 Å². The quantitative estimate of drug-likeness (QED) is 0.745. The number of β-amino-alcohol motifs (C(OH)–C–C–N with tert-alkyl or cyclic N) is 1. The summed E-state index contributed by atoms with van der Waals surface area (Å²) in [6.07, 6.45) is -0.551. The number of aromatic nitrogens is 4. The van der Waals surface area contributed by atoms with Crippen LogP contribution in [0.2, 0.25) is 0 Å². The van der Waals surface area contributed by atoms with E-state index >= 15 is 0 Å². The molecule has 7 nitrogen and oxygen atoms in total. The Kier molecular flexibility index (Phi) is 3.95. The summed E-state index contributed by atoms with van der Waals surface area (Å²) < 4.78 is 1.64. The lowest BCUT2D eigenvalue weighted by atomic mass is 9.82. The largest absolute Gasteiger partial charge is 0.388 e. The van der Waals surface area contributed by atoms with Gasteiger partial charge in [-0.3, -0.25) is 0 Å². The number of aliphatic hydroxyl groups excluding tert-OH is 1. The van der Waals surface area contributed by atoms with E-state index < -0.39 is 11.7 Å². The molecule has 128 valence electrons. The standard InChI is InChI=1S/C18H19N5O2/c24-16-13-22(12-11-18(16,25)14-7-3-1-4-8-14)17-19-20-21-23(17)15-9-5-2-6-10-15/h1-10,16,24-25H,11-13H2/t16-,18-/m0/s1. The highest BCUT2D eigenvalue weighted by Gasteiger charge is 2.43. The maximum absolute atomic E-state index is 11.0. The molecule has 2 heterocycles. The molecule has 1 saturated heterocycles. The second kappa shape index (κ2) is 6.27. The smallest absolute Gasteiger partial charge is 0.250 e. The summed E-state index contributed by atoms with van der Waals surface area (Å²) in [7, 11) is 0. The Balaban J connectivity index is 1.59. The number of para-hydroxylation sites is 1. The van der Waals surface area contributed by atoms with E-state index in [0.717, 1.165) is 11.3 Å². The normalized spacial score (nSPS) is 23.6. The van der Waals surface area contributed by atoms with E-state index in [4.69, 9.17) is 0 Å². The topological polar surface area (TPSA) is 87.3 Å². The highest BCUT2D eigenvalue weighted by atomic mass is 16.3.